The van der Waals surface area contributed by atoms with Gasteiger partial charge in [0.05, 0.1) is 11.3 Å². The number of fused-ring (bicyclic) bond motifs is 5. The molecule has 2 heterocycles. The smallest absolute Gasteiger partial charge is 0.258 e. The highest BCUT2D eigenvalue weighted by molar-refractivity contribution is 7.80. The van der Waals surface area contributed by atoms with Crippen LogP contribution in [-0.2, 0) is 6.54 Å². The minimum absolute atomic E-state index is 0.0688. The predicted octanol–water partition coefficient (Wildman–Crippen LogP) is 4.70. The lowest BCUT2D eigenvalue weighted by molar-refractivity contribution is 0.0645. The molecule has 3 aromatic carbocycles. The normalized spacial score (nSPS) is 17.5. The number of nitrogens with one attached hydrogen (secondary N) is 1. The van der Waals surface area contributed by atoms with E-state index in [1.54, 1.807) is 17.0 Å². The van der Waals surface area contributed by atoms with Gasteiger partial charge < -0.3 is 10.2 Å². The number of rotatable bonds is 2. The Morgan fingerprint density at radius 2 is 1.68 bits per heavy atom. The maximum atomic E-state index is 13.4. The molecule has 138 valence electrons. The first-order valence-corrected chi connectivity index (χ1v) is 9.38. The van der Waals surface area contributed by atoms with E-state index in [9.17, 15) is 9.18 Å². The number of nitrogens with zero attached hydrogens (tertiary/aromatic N) is 2. The number of carbonyl (C=O) groups is 1. The first-order chi connectivity index (χ1) is 13.6. The summed E-state index contributed by atoms with van der Waals surface area (Å²) in [6.45, 7) is 0.353. The Morgan fingerprint density at radius 1 is 0.964 bits per heavy atom. The fourth-order valence-electron chi connectivity index (χ4n) is 3.89. The van der Waals surface area contributed by atoms with Crippen LogP contribution in [0.15, 0.2) is 72.8 Å². The second-order valence-corrected chi connectivity index (χ2v) is 7.22. The van der Waals surface area contributed by atoms with Gasteiger partial charge in [-0.15, -0.1) is 0 Å². The second kappa shape index (κ2) is 6.42. The van der Waals surface area contributed by atoms with Gasteiger partial charge in [0.15, 0.2) is 5.11 Å². The fraction of sp³-hybridized carbons (Fsp3) is 0.0909. The van der Waals surface area contributed by atoms with E-state index in [2.05, 4.69) is 5.32 Å². The number of thiocarbonyl (C=S) groups is 1. The molecule has 6 heteroatoms. The average molecular weight is 389 g/mol. The quantitative estimate of drug-likeness (QED) is 0.645. The first kappa shape index (κ1) is 16.9. The summed E-state index contributed by atoms with van der Waals surface area (Å²) in [7, 11) is 0. The largest absolute Gasteiger partial charge is 0.332 e. The van der Waals surface area contributed by atoms with Gasteiger partial charge in [-0.05, 0) is 48.1 Å². The van der Waals surface area contributed by atoms with Gasteiger partial charge in [-0.25, -0.2) is 4.39 Å². The average Bonchev–Trinajstić information content (AvgIpc) is 2.72. The van der Waals surface area contributed by atoms with Gasteiger partial charge in [-0.1, -0.05) is 42.5 Å². The first-order valence-electron chi connectivity index (χ1n) is 8.97. The molecular formula is C22H16FN3OS. The molecule has 1 unspecified atom stereocenters. The number of para-hydroxylation sites is 2. The van der Waals surface area contributed by atoms with E-state index in [0.717, 1.165) is 22.5 Å². The molecule has 0 fully saturated rings. The Morgan fingerprint density at radius 3 is 2.50 bits per heavy atom. The molecule has 1 amide bonds. The van der Waals surface area contributed by atoms with Crippen LogP contribution in [-0.4, -0.2) is 15.9 Å². The zero-order chi connectivity index (χ0) is 19.3. The van der Waals surface area contributed by atoms with Crippen LogP contribution >= 0.6 is 12.2 Å². The summed E-state index contributed by atoms with van der Waals surface area (Å²) in [6, 6.07) is 21.6. The monoisotopic (exact) mass is 389 g/mol. The Balaban J connectivity index is 1.68. The van der Waals surface area contributed by atoms with Crippen LogP contribution < -0.4 is 10.2 Å². The topological polar surface area (TPSA) is 35.6 Å². The van der Waals surface area contributed by atoms with Crippen molar-refractivity contribution >= 4 is 34.6 Å². The molecule has 3 aromatic rings. The van der Waals surface area contributed by atoms with Crippen molar-refractivity contribution in [3.63, 3.8) is 0 Å². The van der Waals surface area contributed by atoms with Crippen LogP contribution in [0.5, 0.6) is 0 Å². The Kier molecular flexibility index (Phi) is 3.87. The van der Waals surface area contributed by atoms with E-state index in [-0.39, 0.29) is 17.9 Å². The Hall–Kier alpha value is -3.25. The number of halogens is 1. The van der Waals surface area contributed by atoms with Crippen molar-refractivity contribution in [2.75, 3.05) is 10.2 Å². The van der Waals surface area contributed by atoms with Crippen LogP contribution in [0.25, 0.3) is 0 Å². The Labute approximate surface area is 167 Å². The van der Waals surface area contributed by atoms with E-state index in [1.165, 1.54) is 12.1 Å². The molecular weight excluding hydrogens is 373 g/mol. The lowest BCUT2D eigenvalue weighted by atomic mass is 9.98. The van der Waals surface area contributed by atoms with Gasteiger partial charge in [-0.3, -0.25) is 9.69 Å². The molecule has 0 aliphatic carbocycles. The van der Waals surface area contributed by atoms with Gasteiger partial charge in [-0.2, -0.15) is 0 Å². The SMILES string of the molecule is O=C1c2ccccc2N2C(=S)Nc3ccccc3C2N1Cc1ccc(F)cc1. The highest BCUT2D eigenvalue weighted by Crippen LogP contribution is 2.44. The van der Waals surface area contributed by atoms with E-state index in [1.807, 2.05) is 53.4 Å². The van der Waals surface area contributed by atoms with Crippen LogP contribution in [0.3, 0.4) is 0 Å². The van der Waals surface area contributed by atoms with Crippen LogP contribution in [0, 0.1) is 5.82 Å². The highest BCUT2D eigenvalue weighted by atomic mass is 32.1. The Bertz CT molecular complexity index is 1100. The van der Waals surface area contributed by atoms with Crippen molar-refractivity contribution in [1.82, 2.24) is 4.90 Å². The lowest BCUT2D eigenvalue weighted by Crippen LogP contribution is -2.54. The molecule has 1 atom stereocenters. The molecule has 0 spiro atoms. The van der Waals surface area contributed by atoms with E-state index < -0.39 is 0 Å². The molecule has 0 radical (unpaired) electrons. The molecule has 4 nitrogen and oxygen atoms in total. The zero-order valence-corrected chi connectivity index (χ0v) is 15.6. The highest BCUT2D eigenvalue weighted by Gasteiger charge is 2.43. The van der Waals surface area contributed by atoms with E-state index in [4.69, 9.17) is 12.2 Å². The van der Waals surface area contributed by atoms with Gasteiger partial charge >= 0.3 is 0 Å². The minimum atomic E-state index is -0.364. The van der Waals surface area contributed by atoms with E-state index >= 15 is 0 Å². The van der Waals surface area contributed by atoms with Crippen molar-refractivity contribution < 1.29 is 9.18 Å². The summed E-state index contributed by atoms with van der Waals surface area (Å²) < 4.78 is 13.3. The fourth-order valence-corrected chi connectivity index (χ4v) is 4.19. The third kappa shape index (κ3) is 2.57. The summed E-state index contributed by atoms with van der Waals surface area (Å²) in [5.41, 5.74) is 4.12. The zero-order valence-electron chi connectivity index (χ0n) is 14.8. The van der Waals surface area contributed by atoms with Crippen molar-refractivity contribution in [3.8, 4) is 0 Å². The van der Waals surface area contributed by atoms with Gasteiger partial charge in [0.1, 0.15) is 12.0 Å². The van der Waals surface area contributed by atoms with Gasteiger partial charge in [0.2, 0.25) is 0 Å². The molecule has 2 aliphatic heterocycles. The molecule has 2 aliphatic rings. The maximum absolute atomic E-state index is 13.4. The van der Waals surface area contributed by atoms with E-state index in [0.29, 0.717) is 17.2 Å². The minimum Gasteiger partial charge on any atom is -0.332 e. The molecule has 0 saturated heterocycles. The second-order valence-electron chi connectivity index (χ2n) is 6.84. The van der Waals surface area contributed by atoms with Gasteiger partial charge in [0.25, 0.3) is 5.91 Å². The maximum Gasteiger partial charge on any atom is 0.258 e. The third-order valence-corrected chi connectivity index (χ3v) is 5.46. The molecule has 0 aromatic heterocycles. The summed E-state index contributed by atoms with van der Waals surface area (Å²) in [5, 5.41) is 3.83. The molecule has 5 rings (SSSR count). The lowest BCUT2D eigenvalue weighted by Gasteiger charge is -2.48. The summed E-state index contributed by atoms with van der Waals surface area (Å²) in [5.74, 6) is -0.366. The number of carbonyl (C=O) groups excluding carboxylic acids is 1. The number of anilines is 2. The number of hydrogen-bond acceptors (Lipinski definition) is 2. The van der Waals surface area contributed by atoms with Crippen LogP contribution in [0.1, 0.15) is 27.7 Å². The molecule has 28 heavy (non-hydrogen) atoms. The van der Waals surface area contributed by atoms with Crippen LogP contribution in [0.4, 0.5) is 15.8 Å². The van der Waals surface area contributed by atoms with Crippen LogP contribution in [0.2, 0.25) is 0 Å². The third-order valence-electron chi connectivity index (χ3n) is 5.16. The summed E-state index contributed by atoms with van der Waals surface area (Å²) >= 11 is 5.66. The summed E-state index contributed by atoms with van der Waals surface area (Å²) in [4.78, 5) is 17.2. The number of amides is 1. The van der Waals surface area contributed by atoms with Crippen molar-refractivity contribution in [2.45, 2.75) is 12.7 Å². The van der Waals surface area contributed by atoms with Gasteiger partial charge in [0, 0.05) is 17.8 Å². The molecule has 0 saturated carbocycles. The molecule has 0 bridgehead atoms. The van der Waals surface area contributed by atoms with Crippen molar-refractivity contribution in [2.24, 2.45) is 0 Å². The van der Waals surface area contributed by atoms with Crippen molar-refractivity contribution in [1.29, 1.82) is 0 Å². The standard InChI is InChI=1S/C22H16FN3OS/c23-15-11-9-14(10-12-15)13-25-20-16-5-1-3-7-18(16)24-22(28)26(20)19-8-4-2-6-17(19)21(25)27/h1-12,20H,13H2,(H,24,28). The number of benzene rings is 3. The number of hydrogen-bond donors (Lipinski definition) is 1. The summed E-state index contributed by atoms with van der Waals surface area (Å²) in [6.07, 6.45) is -0.364. The predicted molar refractivity (Wildman–Crippen MR) is 111 cm³/mol. The molecule has 1 N–H and O–H groups in total. The van der Waals surface area contributed by atoms with Crippen molar-refractivity contribution in [3.05, 3.63) is 95.3 Å².